The van der Waals surface area contributed by atoms with Crippen molar-refractivity contribution >= 4 is 29.0 Å². The highest BCUT2D eigenvalue weighted by Crippen LogP contribution is 2.34. The number of carbonyl (C=O) groups excluding carboxylic acids is 1. The van der Waals surface area contributed by atoms with Gasteiger partial charge in [-0.05, 0) is 24.3 Å². The monoisotopic (exact) mass is 358 g/mol. The third-order valence-electron chi connectivity index (χ3n) is 4.43. The van der Waals surface area contributed by atoms with Gasteiger partial charge in [-0.1, -0.05) is 11.6 Å². The third kappa shape index (κ3) is 2.89. The lowest BCUT2D eigenvalue weighted by Crippen LogP contribution is -2.25. The average molecular weight is 359 g/mol. The summed E-state index contributed by atoms with van der Waals surface area (Å²) in [6, 6.07) is 7.34. The number of anilines is 1. The fraction of sp³-hybridized carbons (Fsp3) is 0.312. The average Bonchev–Trinajstić information content (AvgIpc) is 3.28. The molecule has 4 rings (SSSR count). The van der Waals surface area contributed by atoms with Gasteiger partial charge < -0.3 is 9.64 Å². The molecule has 0 aromatic carbocycles. The summed E-state index contributed by atoms with van der Waals surface area (Å²) in [5, 5.41) is 12.8. The summed E-state index contributed by atoms with van der Waals surface area (Å²) in [5.41, 5.74) is 1.48. The molecule has 0 amide bonds. The first kappa shape index (κ1) is 15.8. The Bertz CT molecular complexity index is 912. The quantitative estimate of drug-likeness (QED) is 0.657. The number of fused-ring (bicyclic) bond motifs is 1. The number of halogens is 1. The second kappa shape index (κ2) is 6.29. The van der Waals surface area contributed by atoms with E-state index < -0.39 is 0 Å². The molecule has 8 nitrogen and oxygen atoms in total. The van der Waals surface area contributed by atoms with Crippen molar-refractivity contribution < 1.29 is 9.53 Å². The van der Waals surface area contributed by atoms with Crippen LogP contribution in [0.3, 0.4) is 0 Å². The van der Waals surface area contributed by atoms with E-state index in [2.05, 4.69) is 20.3 Å². The minimum absolute atomic E-state index is 0.0943. The van der Waals surface area contributed by atoms with Gasteiger partial charge in [0.05, 0.1) is 18.1 Å². The second-order valence-electron chi connectivity index (χ2n) is 5.87. The Labute approximate surface area is 148 Å². The molecule has 1 saturated heterocycles. The lowest BCUT2D eigenvalue weighted by molar-refractivity contribution is -0.145. The van der Waals surface area contributed by atoms with E-state index in [4.69, 9.17) is 16.3 Å². The van der Waals surface area contributed by atoms with Gasteiger partial charge in [0.25, 0.3) is 0 Å². The summed E-state index contributed by atoms with van der Waals surface area (Å²) in [5.74, 6) is 0.0764. The van der Waals surface area contributed by atoms with Crippen LogP contribution in [0.25, 0.3) is 5.65 Å². The number of nitrogens with zero attached hydrogens (tertiary/aromatic N) is 6. The van der Waals surface area contributed by atoms with Crippen LogP contribution in [0, 0.1) is 5.92 Å². The van der Waals surface area contributed by atoms with Gasteiger partial charge >= 0.3 is 5.97 Å². The first-order chi connectivity index (χ1) is 12.2. The van der Waals surface area contributed by atoms with Crippen LogP contribution in [0.5, 0.6) is 0 Å². The van der Waals surface area contributed by atoms with Gasteiger partial charge in [0.15, 0.2) is 5.65 Å². The van der Waals surface area contributed by atoms with Gasteiger partial charge in [0, 0.05) is 30.9 Å². The Morgan fingerprint density at radius 1 is 1.28 bits per heavy atom. The molecule has 2 atom stereocenters. The molecule has 128 valence electrons. The van der Waals surface area contributed by atoms with Crippen LogP contribution in [0.15, 0.2) is 36.8 Å². The van der Waals surface area contributed by atoms with E-state index in [9.17, 15) is 4.79 Å². The molecule has 3 aromatic rings. The number of ether oxygens (including phenoxy) is 1. The third-order valence-corrected chi connectivity index (χ3v) is 4.65. The second-order valence-corrected chi connectivity index (χ2v) is 6.30. The van der Waals surface area contributed by atoms with E-state index in [1.165, 1.54) is 7.11 Å². The van der Waals surface area contributed by atoms with Crippen LogP contribution in [0.1, 0.15) is 11.6 Å². The van der Waals surface area contributed by atoms with Crippen molar-refractivity contribution in [2.45, 2.75) is 5.92 Å². The standard InChI is InChI=1S/C16H15ClN6O2/c1-25-16(24)12-8-22(7-11(12)13-3-2-10(17)6-18-13)15-5-4-14-20-19-9-23(14)21-15/h2-6,9,11-12H,7-8H2,1H3. The zero-order valence-electron chi connectivity index (χ0n) is 13.4. The molecule has 0 aliphatic carbocycles. The highest BCUT2D eigenvalue weighted by Gasteiger charge is 2.40. The summed E-state index contributed by atoms with van der Waals surface area (Å²) in [7, 11) is 1.40. The molecule has 0 radical (unpaired) electrons. The Hall–Kier alpha value is -2.74. The predicted octanol–water partition coefficient (Wildman–Crippen LogP) is 1.57. The van der Waals surface area contributed by atoms with Crippen LogP contribution < -0.4 is 4.90 Å². The molecule has 0 spiro atoms. The molecule has 2 unspecified atom stereocenters. The Morgan fingerprint density at radius 2 is 2.16 bits per heavy atom. The SMILES string of the molecule is COC(=O)C1CN(c2ccc3nncn3n2)CC1c1ccc(Cl)cn1. The molecule has 1 aliphatic heterocycles. The number of hydrogen-bond acceptors (Lipinski definition) is 7. The first-order valence-corrected chi connectivity index (χ1v) is 8.15. The van der Waals surface area contributed by atoms with Crippen molar-refractivity contribution in [2.24, 2.45) is 5.92 Å². The Morgan fingerprint density at radius 3 is 2.92 bits per heavy atom. The van der Waals surface area contributed by atoms with Crippen LogP contribution >= 0.6 is 11.6 Å². The van der Waals surface area contributed by atoms with E-state index >= 15 is 0 Å². The molecule has 0 saturated carbocycles. The van der Waals surface area contributed by atoms with E-state index in [1.807, 2.05) is 23.1 Å². The van der Waals surface area contributed by atoms with E-state index in [0.29, 0.717) is 23.8 Å². The number of aromatic nitrogens is 5. The number of hydrogen-bond donors (Lipinski definition) is 0. The summed E-state index contributed by atoms with van der Waals surface area (Å²) in [4.78, 5) is 18.7. The highest BCUT2D eigenvalue weighted by atomic mass is 35.5. The van der Waals surface area contributed by atoms with E-state index in [-0.39, 0.29) is 17.8 Å². The number of methoxy groups -OCH3 is 1. The van der Waals surface area contributed by atoms with Crippen molar-refractivity contribution in [3.8, 4) is 0 Å². The van der Waals surface area contributed by atoms with Gasteiger partial charge in [-0.3, -0.25) is 9.78 Å². The number of rotatable bonds is 3. The zero-order chi connectivity index (χ0) is 17.4. The normalized spacial score (nSPS) is 20.2. The molecular weight excluding hydrogens is 344 g/mol. The zero-order valence-corrected chi connectivity index (χ0v) is 14.2. The van der Waals surface area contributed by atoms with Crippen molar-refractivity contribution in [3.63, 3.8) is 0 Å². The molecule has 0 bridgehead atoms. The minimum Gasteiger partial charge on any atom is -0.469 e. The van der Waals surface area contributed by atoms with Gasteiger partial charge in [-0.15, -0.1) is 15.3 Å². The lowest BCUT2D eigenvalue weighted by Gasteiger charge is -2.16. The van der Waals surface area contributed by atoms with E-state index in [0.717, 1.165) is 11.5 Å². The summed E-state index contributed by atoms with van der Waals surface area (Å²) >= 11 is 5.92. The smallest absolute Gasteiger partial charge is 0.311 e. The van der Waals surface area contributed by atoms with Crippen LogP contribution in [-0.2, 0) is 9.53 Å². The van der Waals surface area contributed by atoms with Crippen LogP contribution in [-0.4, -0.2) is 51.0 Å². The Balaban J connectivity index is 1.66. The fourth-order valence-electron chi connectivity index (χ4n) is 3.17. The first-order valence-electron chi connectivity index (χ1n) is 7.77. The highest BCUT2D eigenvalue weighted by molar-refractivity contribution is 6.30. The topological polar surface area (TPSA) is 85.5 Å². The molecule has 25 heavy (non-hydrogen) atoms. The molecule has 1 aliphatic rings. The van der Waals surface area contributed by atoms with Gasteiger partial charge in [0.1, 0.15) is 12.1 Å². The largest absolute Gasteiger partial charge is 0.469 e. The molecular formula is C16H15ClN6O2. The number of pyridine rings is 1. The molecule has 9 heteroatoms. The molecule has 4 heterocycles. The van der Waals surface area contributed by atoms with E-state index in [1.54, 1.807) is 23.1 Å². The summed E-state index contributed by atoms with van der Waals surface area (Å²) < 4.78 is 6.59. The van der Waals surface area contributed by atoms with Crippen molar-refractivity contribution in [3.05, 3.63) is 47.5 Å². The maximum atomic E-state index is 12.3. The maximum absolute atomic E-state index is 12.3. The van der Waals surface area contributed by atoms with Crippen molar-refractivity contribution in [2.75, 3.05) is 25.1 Å². The number of carbonyl (C=O) groups is 1. The van der Waals surface area contributed by atoms with Crippen molar-refractivity contribution in [1.29, 1.82) is 0 Å². The van der Waals surface area contributed by atoms with Gasteiger partial charge in [-0.25, -0.2) is 0 Å². The predicted molar refractivity (Wildman–Crippen MR) is 90.5 cm³/mol. The fourth-order valence-corrected chi connectivity index (χ4v) is 3.29. The Kier molecular flexibility index (Phi) is 3.96. The molecule has 1 fully saturated rings. The van der Waals surface area contributed by atoms with Gasteiger partial charge in [-0.2, -0.15) is 4.52 Å². The van der Waals surface area contributed by atoms with Crippen LogP contribution in [0.4, 0.5) is 5.82 Å². The molecule has 0 N–H and O–H groups in total. The number of esters is 1. The van der Waals surface area contributed by atoms with Crippen molar-refractivity contribution in [1.82, 2.24) is 24.8 Å². The lowest BCUT2D eigenvalue weighted by atomic mass is 9.92. The maximum Gasteiger partial charge on any atom is 0.311 e. The summed E-state index contributed by atoms with van der Waals surface area (Å²) in [6.45, 7) is 1.11. The summed E-state index contributed by atoms with van der Waals surface area (Å²) in [6.07, 6.45) is 3.14. The van der Waals surface area contributed by atoms with Gasteiger partial charge in [0.2, 0.25) is 0 Å². The van der Waals surface area contributed by atoms with Crippen LogP contribution in [0.2, 0.25) is 5.02 Å². The molecule has 3 aromatic heterocycles. The minimum atomic E-state index is -0.322.